The maximum absolute atomic E-state index is 5.71. The van der Waals surface area contributed by atoms with Gasteiger partial charge in [-0.2, -0.15) is 0 Å². The summed E-state index contributed by atoms with van der Waals surface area (Å²) in [4.78, 5) is 2.52. The molecule has 0 N–H and O–H groups in total. The summed E-state index contributed by atoms with van der Waals surface area (Å²) >= 11 is 0. The molecule has 1 aliphatic rings. The lowest BCUT2D eigenvalue weighted by molar-refractivity contribution is 0.216. The van der Waals surface area contributed by atoms with Crippen molar-refractivity contribution in [2.75, 3.05) is 20.2 Å². The number of nitrogens with zero attached hydrogens (tertiary/aromatic N) is 5. The van der Waals surface area contributed by atoms with Crippen LogP contribution in [0.1, 0.15) is 48.7 Å². The summed E-state index contributed by atoms with van der Waals surface area (Å²) in [6.07, 6.45) is 5.88. The Morgan fingerprint density at radius 3 is 2.41 bits per heavy atom. The zero-order valence-electron chi connectivity index (χ0n) is 17.1. The molecule has 3 aromatic rings. The molecule has 1 fully saturated rings. The van der Waals surface area contributed by atoms with Crippen molar-refractivity contribution in [3.63, 3.8) is 0 Å². The largest absolute Gasteiger partial charge is 0.496 e. The molecule has 1 aromatic heterocycles. The molecule has 1 aliphatic heterocycles. The number of para-hydroxylation sites is 1. The smallest absolute Gasteiger partial charge is 0.173 e. The van der Waals surface area contributed by atoms with E-state index in [4.69, 9.17) is 4.74 Å². The fourth-order valence-corrected chi connectivity index (χ4v) is 4.19. The Morgan fingerprint density at radius 2 is 1.66 bits per heavy atom. The Morgan fingerprint density at radius 1 is 0.931 bits per heavy atom. The van der Waals surface area contributed by atoms with Gasteiger partial charge in [-0.1, -0.05) is 61.4 Å². The average Bonchev–Trinajstić information content (AvgIpc) is 3.06. The van der Waals surface area contributed by atoms with Gasteiger partial charge in [0, 0.05) is 12.1 Å². The van der Waals surface area contributed by atoms with Gasteiger partial charge in [-0.15, -0.1) is 5.10 Å². The zero-order chi connectivity index (χ0) is 19.9. The number of benzene rings is 2. The molecule has 0 amide bonds. The van der Waals surface area contributed by atoms with Crippen LogP contribution in [0.4, 0.5) is 0 Å². The summed E-state index contributed by atoms with van der Waals surface area (Å²) in [6, 6.07) is 18.7. The van der Waals surface area contributed by atoms with Gasteiger partial charge in [0.2, 0.25) is 0 Å². The number of hydrogen-bond donors (Lipinski definition) is 0. The number of ether oxygens (including phenoxy) is 1. The summed E-state index contributed by atoms with van der Waals surface area (Å²) in [5, 5.41) is 12.9. The maximum atomic E-state index is 5.71. The summed E-state index contributed by atoms with van der Waals surface area (Å²) in [6.45, 7) is 2.86. The molecule has 6 heteroatoms. The third kappa shape index (κ3) is 4.65. The van der Waals surface area contributed by atoms with Crippen LogP contribution in [0.3, 0.4) is 0 Å². The van der Waals surface area contributed by atoms with Crippen molar-refractivity contribution >= 4 is 0 Å². The Hall–Kier alpha value is -2.73. The lowest BCUT2D eigenvalue weighted by Crippen LogP contribution is -2.33. The number of hydrogen-bond acceptors (Lipinski definition) is 5. The minimum Gasteiger partial charge on any atom is -0.496 e. The number of rotatable bonds is 7. The number of tetrazole rings is 1. The molecule has 29 heavy (non-hydrogen) atoms. The van der Waals surface area contributed by atoms with E-state index in [1.54, 1.807) is 7.11 Å². The molecular weight excluding hydrogens is 362 g/mol. The van der Waals surface area contributed by atoms with Crippen molar-refractivity contribution < 1.29 is 4.74 Å². The van der Waals surface area contributed by atoms with Gasteiger partial charge in [0.25, 0.3) is 0 Å². The molecule has 1 atom stereocenters. The highest BCUT2D eigenvalue weighted by atomic mass is 16.5. The maximum Gasteiger partial charge on any atom is 0.173 e. The van der Waals surface area contributed by atoms with Crippen LogP contribution in [-0.2, 0) is 13.0 Å². The predicted octanol–water partition coefficient (Wildman–Crippen LogP) is 3.89. The zero-order valence-corrected chi connectivity index (χ0v) is 17.1. The second kappa shape index (κ2) is 9.65. The van der Waals surface area contributed by atoms with Crippen molar-refractivity contribution in [1.29, 1.82) is 0 Å². The first kappa shape index (κ1) is 19.6. The van der Waals surface area contributed by atoms with Crippen molar-refractivity contribution in [2.24, 2.45) is 0 Å². The van der Waals surface area contributed by atoms with Gasteiger partial charge in [0.15, 0.2) is 5.82 Å². The normalized spacial score (nSPS) is 16.3. The molecule has 0 radical (unpaired) electrons. The van der Waals surface area contributed by atoms with Crippen LogP contribution in [0.5, 0.6) is 5.75 Å². The molecule has 6 nitrogen and oxygen atoms in total. The van der Waals surface area contributed by atoms with E-state index < -0.39 is 0 Å². The minimum atomic E-state index is -0.00461. The molecule has 2 aromatic carbocycles. The van der Waals surface area contributed by atoms with Crippen LogP contribution in [0.15, 0.2) is 54.6 Å². The molecule has 0 spiro atoms. The third-order valence-electron chi connectivity index (χ3n) is 5.70. The quantitative estimate of drug-likeness (QED) is 0.612. The summed E-state index contributed by atoms with van der Waals surface area (Å²) in [5.41, 5.74) is 2.42. The van der Waals surface area contributed by atoms with Crippen LogP contribution in [0.2, 0.25) is 0 Å². The third-order valence-corrected chi connectivity index (χ3v) is 5.70. The van der Waals surface area contributed by atoms with Crippen molar-refractivity contribution in [2.45, 2.75) is 44.7 Å². The minimum absolute atomic E-state index is 0.00461. The molecule has 4 rings (SSSR count). The first-order valence-corrected chi connectivity index (χ1v) is 10.5. The number of aromatic nitrogens is 4. The first-order valence-electron chi connectivity index (χ1n) is 10.5. The van der Waals surface area contributed by atoms with Gasteiger partial charge in [-0.3, -0.25) is 4.90 Å². The van der Waals surface area contributed by atoms with Crippen molar-refractivity contribution in [3.8, 4) is 5.75 Å². The molecular formula is C23H29N5O. The second-order valence-corrected chi connectivity index (χ2v) is 7.59. The summed E-state index contributed by atoms with van der Waals surface area (Å²) < 4.78 is 7.68. The highest BCUT2D eigenvalue weighted by molar-refractivity contribution is 5.39. The lowest BCUT2D eigenvalue weighted by Gasteiger charge is -2.31. The number of aryl methyl sites for hydroxylation is 2. The van der Waals surface area contributed by atoms with Crippen LogP contribution >= 0.6 is 0 Å². The summed E-state index contributed by atoms with van der Waals surface area (Å²) in [5.74, 6) is 1.78. The van der Waals surface area contributed by atoms with Gasteiger partial charge in [0.1, 0.15) is 11.8 Å². The van der Waals surface area contributed by atoms with E-state index in [1.165, 1.54) is 31.2 Å². The van der Waals surface area contributed by atoms with Gasteiger partial charge in [-0.25, -0.2) is 4.68 Å². The Labute approximate surface area is 172 Å². The lowest BCUT2D eigenvalue weighted by atomic mass is 10.0. The standard InChI is InChI=1S/C23H29N5O/c1-29-21-14-8-7-13-20(21)22(27-16-9-2-3-10-17-27)23-24-25-26-28(23)18-15-19-11-5-4-6-12-19/h4-8,11-14,22H,2-3,9-10,15-18H2,1H3/t22-/m0/s1. The summed E-state index contributed by atoms with van der Waals surface area (Å²) in [7, 11) is 1.73. The van der Waals surface area contributed by atoms with E-state index >= 15 is 0 Å². The topological polar surface area (TPSA) is 56.1 Å². The molecule has 1 saturated heterocycles. The van der Waals surface area contributed by atoms with E-state index in [0.717, 1.165) is 43.2 Å². The van der Waals surface area contributed by atoms with E-state index in [1.807, 2.05) is 22.9 Å². The molecule has 152 valence electrons. The highest BCUT2D eigenvalue weighted by Crippen LogP contribution is 2.34. The van der Waals surface area contributed by atoms with Crippen molar-refractivity contribution in [1.82, 2.24) is 25.1 Å². The highest BCUT2D eigenvalue weighted by Gasteiger charge is 2.30. The Bertz CT molecular complexity index is 887. The second-order valence-electron chi connectivity index (χ2n) is 7.59. The van der Waals surface area contributed by atoms with Gasteiger partial charge < -0.3 is 4.74 Å². The number of likely N-dealkylation sites (tertiary alicyclic amines) is 1. The molecule has 0 aliphatic carbocycles. The van der Waals surface area contributed by atoms with Crippen LogP contribution in [0.25, 0.3) is 0 Å². The van der Waals surface area contributed by atoms with E-state index in [-0.39, 0.29) is 6.04 Å². The van der Waals surface area contributed by atoms with Gasteiger partial charge in [-0.05, 0) is 54.4 Å². The fraction of sp³-hybridized carbons (Fsp3) is 0.435. The molecule has 0 unspecified atom stereocenters. The number of methoxy groups -OCH3 is 1. The van der Waals surface area contributed by atoms with E-state index in [2.05, 4.69) is 56.8 Å². The fourth-order valence-electron chi connectivity index (χ4n) is 4.19. The van der Waals surface area contributed by atoms with E-state index in [0.29, 0.717) is 0 Å². The average molecular weight is 392 g/mol. The van der Waals surface area contributed by atoms with Gasteiger partial charge in [0.05, 0.1) is 7.11 Å². The van der Waals surface area contributed by atoms with Crippen molar-refractivity contribution in [3.05, 3.63) is 71.5 Å². The SMILES string of the molecule is COc1ccccc1[C@@H](c1nnnn1CCc1ccccc1)N1CCCCCC1. The van der Waals surface area contributed by atoms with Crippen LogP contribution in [0, 0.1) is 0 Å². The Balaban J connectivity index is 1.67. The van der Waals surface area contributed by atoms with Crippen LogP contribution in [-0.4, -0.2) is 45.3 Å². The van der Waals surface area contributed by atoms with Gasteiger partial charge >= 0.3 is 0 Å². The monoisotopic (exact) mass is 391 g/mol. The molecule has 2 heterocycles. The predicted molar refractivity (Wildman–Crippen MR) is 113 cm³/mol. The van der Waals surface area contributed by atoms with E-state index in [9.17, 15) is 0 Å². The van der Waals surface area contributed by atoms with Crippen LogP contribution < -0.4 is 4.74 Å². The Kier molecular flexibility index (Phi) is 6.52. The molecule has 0 bridgehead atoms. The first-order chi connectivity index (χ1) is 14.4. The molecule has 0 saturated carbocycles.